The Morgan fingerprint density at radius 3 is 3.15 bits per heavy atom. The topological polar surface area (TPSA) is 62.7 Å². The van der Waals surface area contributed by atoms with E-state index in [4.69, 9.17) is 4.74 Å². The van der Waals surface area contributed by atoms with Gasteiger partial charge in [0.15, 0.2) is 6.23 Å². The summed E-state index contributed by atoms with van der Waals surface area (Å²) in [5, 5.41) is 11.3. The molecule has 0 spiro atoms. The summed E-state index contributed by atoms with van der Waals surface area (Å²) in [5.74, 6) is 0. The molecule has 1 amide bonds. The zero-order valence-corrected chi connectivity index (χ0v) is 11.8. The lowest BCUT2D eigenvalue weighted by Gasteiger charge is -2.30. The minimum Gasteiger partial charge on any atom is -0.465 e. The summed E-state index contributed by atoms with van der Waals surface area (Å²) in [7, 11) is 1.53. The molecule has 0 bridgehead atoms. The summed E-state index contributed by atoms with van der Waals surface area (Å²) in [6.45, 7) is 0.544. The summed E-state index contributed by atoms with van der Waals surface area (Å²) in [5.41, 5.74) is 2.95. The summed E-state index contributed by atoms with van der Waals surface area (Å²) in [6, 6.07) is 3.85. The van der Waals surface area contributed by atoms with Crippen molar-refractivity contribution in [3.05, 3.63) is 40.3 Å². The van der Waals surface area contributed by atoms with Crippen molar-refractivity contribution in [1.82, 2.24) is 9.88 Å². The Labute approximate surface area is 120 Å². The second-order valence-corrected chi connectivity index (χ2v) is 5.56. The average Bonchev–Trinajstić information content (AvgIpc) is 2.91. The first kappa shape index (κ1) is 13.1. The molecule has 1 N–H and O–H groups in total. The van der Waals surface area contributed by atoms with E-state index in [1.165, 1.54) is 16.8 Å². The molecule has 0 fully saturated rings. The van der Waals surface area contributed by atoms with E-state index in [9.17, 15) is 9.90 Å². The Kier molecular flexibility index (Phi) is 3.42. The summed E-state index contributed by atoms with van der Waals surface area (Å²) in [6.07, 6.45) is 2.79. The molecule has 1 aliphatic heterocycles. The monoisotopic (exact) mass is 290 g/mol. The Balaban J connectivity index is 2.08. The fraction of sp³-hybridized carbons (Fsp3) is 0.286. The van der Waals surface area contributed by atoms with Crippen molar-refractivity contribution in [3.63, 3.8) is 0 Å². The first-order chi connectivity index (χ1) is 9.68. The van der Waals surface area contributed by atoms with Gasteiger partial charge in [-0.25, -0.2) is 4.79 Å². The Morgan fingerprint density at radius 1 is 1.60 bits per heavy atom. The largest absolute Gasteiger partial charge is 0.465 e. The molecule has 104 valence electrons. The first-order valence-electron chi connectivity index (χ1n) is 6.26. The van der Waals surface area contributed by atoms with Gasteiger partial charge in [0.1, 0.15) is 0 Å². The van der Waals surface area contributed by atoms with Crippen LogP contribution in [0.2, 0.25) is 0 Å². The molecule has 0 radical (unpaired) electrons. The predicted octanol–water partition coefficient (Wildman–Crippen LogP) is 2.99. The number of carboxylic acid groups (broad SMARTS) is 1. The molecule has 2 aromatic rings. The average molecular weight is 290 g/mol. The Hall–Kier alpha value is -1.92. The highest BCUT2D eigenvalue weighted by Crippen LogP contribution is 2.41. The van der Waals surface area contributed by atoms with Crippen LogP contribution in [0.3, 0.4) is 0 Å². The summed E-state index contributed by atoms with van der Waals surface area (Å²) < 4.78 is 5.68. The van der Waals surface area contributed by atoms with E-state index >= 15 is 0 Å². The molecule has 0 saturated heterocycles. The second-order valence-electron chi connectivity index (χ2n) is 4.59. The van der Waals surface area contributed by atoms with Gasteiger partial charge >= 0.3 is 6.09 Å². The van der Waals surface area contributed by atoms with Crippen molar-refractivity contribution in [2.24, 2.45) is 0 Å². The number of nitrogens with zero attached hydrogens (tertiary/aromatic N) is 2. The minimum atomic E-state index is -0.994. The SMILES string of the molecule is CN(C(=O)O)C1OCCc2scc(-c3cccnc3)c21. The van der Waals surface area contributed by atoms with E-state index in [1.54, 1.807) is 23.7 Å². The Morgan fingerprint density at radius 2 is 2.45 bits per heavy atom. The molecular weight excluding hydrogens is 276 g/mol. The zero-order chi connectivity index (χ0) is 14.1. The molecule has 1 atom stereocenters. The van der Waals surface area contributed by atoms with Gasteiger partial charge in [0.2, 0.25) is 0 Å². The van der Waals surface area contributed by atoms with Gasteiger partial charge in [-0.3, -0.25) is 9.88 Å². The Bertz CT molecular complexity index is 627. The minimum absolute atomic E-state index is 0.544. The number of rotatable bonds is 2. The lowest BCUT2D eigenvalue weighted by atomic mass is 10.0. The van der Waals surface area contributed by atoms with Gasteiger partial charge < -0.3 is 9.84 Å². The van der Waals surface area contributed by atoms with E-state index in [-0.39, 0.29) is 0 Å². The molecule has 0 saturated carbocycles. The lowest BCUT2D eigenvalue weighted by Crippen LogP contribution is -2.34. The maximum atomic E-state index is 11.2. The number of thiophene rings is 1. The molecule has 0 aromatic carbocycles. The predicted molar refractivity (Wildman–Crippen MR) is 75.7 cm³/mol. The molecule has 3 rings (SSSR count). The number of hydrogen-bond acceptors (Lipinski definition) is 4. The summed E-state index contributed by atoms with van der Waals surface area (Å²) in [4.78, 5) is 17.7. The molecule has 6 heteroatoms. The molecule has 1 aliphatic rings. The lowest BCUT2D eigenvalue weighted by molar-refractivity contribution is -0.0461. The number of pyridine rings is 1. The fourth-order valence-corrected chi connectivity index (χ4v) is 3.43. The van der Waals surface area contributed by atoms with Crippen molar-refractivity contribution in [2.75, 3.05) is 13.7 Å². The van der Waals surface area contributed by atoms with Crippen LogP contribution in [0.25, 0.3) is 11.1 Å². The van der Waals surface area contributed by atoms with Crippen LogP contribution in [0.4, 0.5) is 4.79 Å². The third kappa shape index (κ3) is 2.17. The maximum absolute atomic E-state index is 11.2. The molecular formula is C14H14N2O3S. The number of hydrogen-bond donors (Lipinski definition) is 1. The van der Waals surface area contributed by atoms with E-state index < -0.39 is 12.3 Å². The van der Waals surface area contributed by atoms with Gasteiger partial charge in [-0.05, 0) is 11.4 Å². The van der Waals surface area contributed by atoms with E-state index in [0.29, 0.717) is 6.61 Å². The van der Waals surface area contributed by atoms with Gasteiger partial charge in [-0.15, -0.1) is 11.3 Å². The second kappa shape index (κ2) is 5.22. The third-order valence-corrected chi connectivity index (χ3v) is 4.45. The molecule has 3 heterocycles. The quantitative estimate of drug-likeness (QED) is 0.923. The molecule has 0 aliphatic carbocycles. The van der Waals surface area contributed by atoms with Crippen LogP contribution >= 0.6 is 11.3 Å². The zero-order valence-electron chi connectivity index (χ0n) is 10.9. The molecule has 5 nitrogen and oxygen atoms in total. The molecule has 1 unspecified atom stereocenters. The van der Waals surface area contributed by atoms with Crippen LogP contribution in [0, 0.1) is 0 Å². The van der Waals surface area contributed by atoms with Crippen LogP contribution in [0.5, 0.6) is 0 Å². The molecule has 20 heavy (non-hydrogen) atoms. The number of aromatic nitrogens is 1. The highest BCUT2D eigenvalue weighted by Gasteiger charge is 2.31. The van der Waals surface area contributed by atoms with E-state index in [2.05, 4.69) is 10.4 Å². The number of fused-ring (bicyclic) bond motifs is 1. The standard InChI is InChI=1S/C14H14N2O3S/c1-16(14(17)18)13-12-10(9-3-2-5-15-7-9)8-20-11(12)4-6-19-13/h2-3,5,7-8,13H,4,6H2,1H3,(H,17,18). The van der Waals surface area contributed by atoms with Gasteiger partial charge in [0.25, 0.3) is 0 Å². The van der Waals surface area contributed by atoms with E-state index in [0.717, 1.165) is 23.1 Å². The van der Waals surface area contributed by atoms with Gasteiger partial charge in [-0.2, -0.15) is 0 Å². The highest BCUT2D eigenvalue weighted by atomic mass is 32.1. The maximum Gasteiger partial charge on any atom is 0.409 e. The number of amides is 1. The van der Waals surface area contributed by atoms with Crippen LogP contribution in [0.15, 0.2) is 29.9 Å². The first-order valence-corrected chi connectivity index (χ1v) is 7.14. The number of carbonyl (C=O) groups is 1. The van der Waals surface area contributed by atoms with E-state index in [1.807, 2.05) is 12.1 Å². The molecule has 2 aromatic heterocycles. The van der Waals surface area contributed by atoms with Crippen molar-refractivity contribution in [3.8, 4) is 11.1 Å². The fourth-order valence-electron chi connectivity index (χ4n) is 2.37. The number of ether oxygens (including phenoxy) is 1. The van der Waals surface area contributed by atoms with Gasteiger partial charge in [0.05, 0.1) is 6.61 Å². The smallest absolute Gasteiger partial charge is 0.409 e. The third-order valence-electron chi connectivity index (χ3n) is 3.39. The van der Waals surface area contributed by atoms with Crippen molar-refractivity contribution in [1.29, 1.82) is 0 Å². The van der Waals surface area contributed by atoms with Crippen molar-refractivity contribution in [2.45, 2.75) is 12.6 Å². The normalized spacial score (nSPS) is 17.6. The highest BCUT2D eigenvalue weighted by molar-refractivity contribution is 7.10. The van der Waals surface area contributed by atoms with Crippen LogP contribution in [-0.2, 0) is 11.2 Å². The van der Waals surface area contributed by atoms with Gasteiger partial charge in [0, 0.05) is 47.4 Å². The van der Waals surface area contributed by atoms with Gasteiger partial charge in [-0.1, -0.05) is 6.07 Å². The van der Waals surface area contributed by atoms with Crippen molar-refractivity contribution >= 4 is 17.4 Å². The van der Waals surface area contributed by atoms with Crippen LogP contribution < -0.4 is 0 Å². The van der Waals surface area contributed by atoms with Crippen molar-refractivity contribution < 1.29 is 14.6 Å². The van der Waals surface area contributed by atoms with Crippen LogP contribution in [-0.4, -0.2) is 34.7 Å². The van der Waals surface area contributed by atoms with Crippen LogP contribution in [0.1, 0.15) is 16.7 Å². The summed E-state index contributed by atoms with van der Waals surface area (Å²) >= 11 is 1.65.